The summed E-state index contributed by atoms with van der Waals surface area (Å²) in [7, 11) is 3.14. The summed E-state index contributed by atoms with van der Waals surface area (Å²) in [6, 6.07) is 15.7. The first-order valence-electron chi connectivity index (χ1n) is 10.1. The zero-order valence-electron chi connectivity index (χ0n) is 18.3. The number of carbonyl (C=O) groups is 2. The molecule has 0 aliphatic carbocycles. The summed E-state index contributed by atoms with van der Waals surface area (Å²) >= 11 is 3.43. The molecule has 0 unspecified atom stereocenters. The number of methoxy groups -OCH3 is 2. The highest BCUT2D eigenvalue weighted by atomic mass is 79.9. The normalized spacial score (nSPS) is 13.5. The highest BCUT2D eigenvalue weighted by Crippen LogP contribution is 2.38. The lowest BCUT2D eigenvalue weighted by Gasteiger charge is -2.09. The predicted octanol–water partition coefficient (Wildman–Crippen LogP) is 5.65. The molecule has 3 aromatic rings. The van der Waals surface area contributed by atoms with Gasteiger partial charge < -0.3 is 18.9 Å². The van der Waals surface area contributed by atoms with E-state index in [2.05, 4.69) is 15.9 Å². The number of Topliss-reactive ketones (excluding diaryl/α,β-unsaturated/α-hetero) is 2. The molecule has 6 nitrogen and oxygen atoms in total. The topological polar surface area (TPSA) is 71.1 Å². The summed E-state index contributed by atoms with van der Waals surface area (Å²) < 4.78 is 22.9. The molecule has 0 bridgehead atoms. The van der Waals surface area contributed by atoms with Gasteiger partial charge >= 0.3 is 0 Å². The van der Waals surface area contributed by atoms with Crippen molar-refractivity contribution in [3.8, 4) is 23.0 Å². The van der Waals surface area contributed by atoms with Gasteiger partial charge in [-0.2, -0.15) is 0 Å². The van der Waals surface area contributed by atoms with Crippen molar-refractivity contribution in [3.63, 3.8) is 0 Å². The molecule has 0 N–H and O–H groups in total. The first-order valence-corrected chi connectivity index (χ1v) is 10.9. The van der Waals surface area contributed by atoms with Gasteiger partial charge in [0.05, 0.1) is 19.8 Å². The number of hydrogen-bond acceptors (Lipinski definition) is 6. The van der Waals surface area contributed by atoms with Crippen LogP contribution in [0.1, 0.15) is 31.8 Å². The van der Waals surface area contributed by atoms with Gasteiger partial charge in [-0.05, 0) is 67.1 Å². The van der Waals surface area contributed by atoms with Crippen LogP contribution in [0, 0.1) is 6.92 Å². The van der Waals surface area contributed by atoms with Crippen LogP contribution in [0.5, 0.6) is 23.0 Å². The SMILES string of the molecule is COc1ccc(C(=O)COc2cc(C)c3c(c2)O/C(=C\c2cc(Br)ccc2OC)C3=O)cc1. The summed E-state index contributed by atoms with van der Waals surface area (Å²) in [6.45, 7) is 1.66. The molecule has 0 spiro atoms. The van der Waals surface area contributed by atoms with E-state index in [0.29, 0.717) is 45.3 Å². The van der Waals surface area contributed by atoms with Gasteiger partial charge in [-0.1, -0.05) is 15.9 Å². The maximum atomic E-state index is 13.0. The van der Waals surface area contributed by atoms with Gasteiger partial charge in [-0.25, -0.2) is 0 Å². The van der Waals surface area contributed by atoms with Crippen molar-refractivity contribution in [2.45, 2.75) is 6.92 Å². The summed E-state index contributed by atoms with van der Waals surface area (Å²) in [4.78, 5) is 25.4. The number of carbonyl (C=O) groups excluding carboxylic acids is 2. The molecule has 0 aromatic heterocycles. The summed E-state index contributed by atoms with van der Waals surface area (Å²) in [6.07, 6.45) is 1.65. The Morgan fingerprint density at radius 2 is 1.76 bits per heavy atom. The lowest BCUT2D eigenvalue weighted by molar-refractivity contribution is 0.0920. The second-order valence-corrected chi connectivity index (χ2v) is 8.30. The average molecular weight is 509 g/mol. The molecule has 1 aliphatic rings. The molecular formula is C26H21BrO6. The Labute approximate surface area is 199 Å². The van der Waals surface area contributed by atoms with Crippen molar-refractivity contribution in [1.82, 2.24) is 0 Å². The molecule has 3 aromatic carbocycles. The highest BCUT2D eigenvalue weighted by Gasteiger charge is 2.30. The van der Waals surface area contributed by atoms with Gasteiger partial charge in [-0.15, -0.1) is 0 Å². The van der Waals surface area contributed by atoms with Crippen LogP contribution in [-0.2, 0) is 0 Å². The van der Waals surface area contributed by atoms with Gasteiger partial charge in [0, 0.05) is 21.7 Å². The molecule has 7 heteroatoms. The highest BCUT2D eigenvalue weighted by molar-refractivity contribution is 9.10. The maximum Gasteiger partial charge on any atom is 0.232 e. The Morgan fingerprint density at radius 1 is 1.00 bits per heavy atom. The minimum absolute atomic E-state index is 0.142. The van der Waals surface area contributed by atoms with Crippen molar-refractivity contribution in [2.24, 2.45) is 0 Å². The van der Waals surface area contributed by atoms with Gasteiger partial charge in [0.15, 0.2) is 18.1 Å². The molecular weight excluding hydrogens is 488 g/mol. The minimum atomic E-state index is -0.217. The molecule has 0 amide bonds. The Kier molecular flexibility index (Phi) is 6.51. The molecule has 168 valence electrons. The molecule has 0 saturated heterocycles. The number of fused-ring (bicyclic) bond motifs is 1. The smallest absolute Gasteiger partial charge is 0.232 e. The zero-order chi connectivity index (χ0) is 23.5. The third kappa shape index (κ3) is 4.78. The Hall–Kier alpha value is -3.58. The fourth-order valence-corrected chi connectivity index (χ4v) is 3.91. The van der Waals surface area contributed by atoms with Crippen LogP contribution in [-0.4, -0.2) is 32.4 Å². The standard InChI is InChI=1S/C26H21BrO6/c1-15-10-20(32-14-21(28)16-4-7-19(30-2)8-5-16)13-23-25(15)26(29)24(33-23)12-17-11-18(27)6-9-22(17)31-3/h4-13H,14H2,1-3H3/b24-12-. The molecule has 4 rings (SSSR count). The molecule has 1 aliphatic heterocycles. The average Bonchev–Trinajstić information content (AvgIpc) is 3.13. The summed E-state index contributed by atoms with van der Waals surface area (Å²) in [5, 5.41) is 0. The number of hydrogen-bond donors (Lipinski definition) is 0. The van der Waals surface area contributed by atoms with Crippen molar-refractivity contribution in [3.05, 3.63) is 87.1 Å². The van der Waals surface area contributed by atoms with Crippen LogP contribution < -0.4 is 18.9 Å². The van der Waals surface area contributed by atoms with Crippen LogP contribution in [0.15, 0.2) is 64.8 Å². The van der Waals surface area contributed by atoms with Crippen molar-refractivity contribution in [1.29, 1.82) is 0 Å². The number of ketones is 2. The second-order valence-electron chi connectivity index (χ2n) is 7.38. The van der Waals surface area contributed by atoms with Gasteiger partial charge in [0.1, 0.15) is 23.0 Å². The molecule has 0 saturated carbocycles. The number of aryl methyl sites for hydroxylation is 1. The van der Waals surface area contributed by atoms with Gasteiger partial charge in [0.2, 0.25) is 5.78 Å². The van der Waals surface area contributed by atoms with E-state index in [1.807, 2.05) is 12.1 Å². The number of benzene rings is 3. The Morgan fingerprint density at radius 3 is 2.45 bits per heavy atom. The van der Waals surface area contributed by atoms with E-state index in [1.165, 1.54) is 0 Å². The van der Waals surface area contributed by atoms with Crippen molar-refractivity contribution >= 4 is 33.6 Å². The fraction of sp³-hybridized carbons (Fsp3) is 0.154. The monoisotopic (exact) mass is 508 g/mol. The van der Waals surface area contributed by atoms with Crippen LogP contribution >= 0.6 is 15.9 Å². The van der Waals surface area contributed by atoms with Gasteiger partial charge in [-0.3, -0.25) is 9.59 Å². The maximum absolute atomic E-state index is 13.0. The quantitative estimate of drug-likeness (QED) is 0.303. The van der Waals surface area contributed by atoms with E-state index in [1.54, 1.807) is 69.7 Å². The summed E-state index contributed by atoms with van der Waals surface area (Å²) in [5.74, 6) is 1.94. The number of halogens is 1. The molecule has 0 fully saturated rings. The van der Waals surface area contributed by atoms with E-state index in [9.17, 15) is 9.59 Å². The molecule has 1 heterocycles. The van der Waals surface area contributed by atoms with Crippen molar-refractivity contribution in [2.75, 3.05) is 20.8 Å². The number of rotatable bonds is 7. The van der Waals surface area contributed by atoms with Gasteiger partial charge in [0.25, 0.3) is 0 Å². The molecule has 0 atom stereocenters. The number of allylic oxidation sites excluding steroid dienone is 1. The third-order valence-electron chi connectivity index (χ3n) is 5.20. The second kappa shape index (κ2) is 9.50. The lowest BCUT2D eigenvalue weighted by Crippen LogP contribution is -2.11. The Balaban J connectivity index is 1.53. The fourth-order valence-electron chi connectivity index (χ4n) is 3.53. The van der Waals surface area contributed by atoms with Crippen LogP contribution in [0.4, 0.5) is 0 Å². The largest absolute Gasteiger partial charge is 0.497 e. The number of ether oxygens (including phenoxy) is 4. The minimum Gasteiger partial charge on any atom is -0.497 e. The van der Waals surface area contributed by atoms with Crippen LogP contribution in [0.25, 0.3) is 6.08 Å². The molecule has 0 radical (unpaired) electrons. The third-order valence-corrected chi connectivity index (χ3v) is 5.70. The van der Waals surface area contributed by atoms with Crippen LogP contribution in [0.2, 0.25) is 0 Å². The van der Waals surface area contributed by atoms with E-state index >= 15 is 0 Å². The Bertz CT molecular complexity index is 1260. The van der Waals surface area contributed by atoms with Crippen molar-refractivity contribution < 1.29 is 28.5 Å². The lowest BCUT2D eigenvalue weighted by atomic mass is 10.0. The van der Waals surface area contributed by atoms with Crippen LogP contribution in [0.3, 0.4) is 0 Å². The van der Waals surface area contributed by atoms with E-state index in [0.717, 1.165) is 4.47 Å². The molecule has 33 heavy (non-hydrogen) atoms. The predicted molar refractivity (Wildman–Crippen MR) is 128 cm³/mol. The first kappa shape index (κ1) is 22.6. The van der Waals surface area contributed by atoms with E-state index in [4.69, 9.17) is 18.9 Å². The zero-order valence-corrected chi connectivity index (χ0v) is 19.9. The van der Waals surface area contributed by atoms with E-state index < -0.39 is 0 Å². The summed E-state index contributed by atoms with van der Waals surface area (Å²) in [5.41, 5.74) is 2.41. The van der Waals surface area contributed by atoms with E-state index in [-0.39, 0.29) is 23.9 Å². The first-order chi connectivity index (χ1) is 15.9.